The van der Waals surface area contributed by atoms with Crippen molar-refractivity contribution in [2.75, 3.05) is 7.11 Å². The van der Waals surface area contributed by atoms with Gasteiger partial charge in [-0.05, 0) is 0 Å². The SMILES string of the molecule is COc1ncc(C(=N)N)s1. The average molecular weight is 157 g/mol. The van der Waals surface area contributed by atoms with Crippen LogP contribution in [-0.4, -0.2) is 17.9 Å². The van der Waals surface area contributed by atoms with E-state index in [-0.39, 0.29) is 5.84 Å². The summed E-state index contributed by atoms with van der Waals surface area (Å²) in [5.41, 5.74) is 5.18. The van der Waals surface area contributed by atoms with Crippen LogP contribution in [0.25, 0.3) is 0 Å². The van der Waals surface area contributed by atoms with Crippen molar-refractivity contribution < 1.29 is 4.74 Å². The summed E-state index contributed by atoms with van der Waals surface area (Å²) in [4.78, 5) is 4.47. The van der Waals surface area contributed by atoms with Crippen LogP contribution in [0.1, 0.15) is 4.88 Å². The molecule has 10 heavy (non-hydrogen) atoms. The lowest BCUT2D eigenvalue weighted by molar-refractivity contribution is 0.412. The molecule has 0 aliphatic carbocycles. The van der Waals surface area contributed by atoms with E-state index in [1.807, 2.05) is 0 Å². The van der Waals surface area contributed by atoms with Gasteiger partial charge in [0.25, 0.3) is 5.19 Å². The molecule has 0 radical (unpaired) electrons. The average Bonchev–Trinajstić information content (AvgIpc) is 2.34. The Hall–Kier alpha value is -1.10. The third-order valence-corrected chi connectivity index (χ3v) is 1.92. The quantitative estimate of drug-likeness (QED) is 0.483. The van der Waals surface area contributed by atoms with Crippen LogP contribution >= 0.6 is 11.3 Å². The third kappa shape index (κ3) is 1.24. The molecule has 0 aliphatic heterocycles. The first kappa shape index (κ1) is 7.01. The molecule has 0 amide bonds. The third-order valence-electron chi connectivity index (χ3n) is 0.925. The second-order valence-corrected chi connectivity index (χ2v) is 2.60. The van der Waals surface area contributed by atoms with Crippen LogP contribution in [0.4, 0.5) is 0 Å². The van der Waals surface area contributed by atoms with E-state index in [1.165, 1.54) is 24.6 Å². The summed E-state index contributed by atoms with van der Waals surface area (Å²) in [7, 11) is 1.53. The molecule has 1 heterocycles. The lowest BCUT2D eigenvalue weighted by atomic mass is 10.5. The summed E-state index contributed by atoms with van der Waals surface area (Å²) < 4.78 is 4.80. The molecule has 0 aliphatic rings. The van der Waals surface area contributed by atoms with Crippen LogP contribution in [0.15, 0.2) is 6.20 Å². The highest BCUT2D eigenvalue weighted by Crippen LogP contribution is 2.18. The van der Waals surface area contributed by atoms with Crippen molar-refractivity contribution >= 4 is 17.2 Å². The van der Waals surface area contributed by atoms with Crippen molar-refractivity contribution in [1.29, 1.82) is 5.41 Å². The normalized spacial score (nSPS) is 9.30. The van der Waals surface area contributed by atoms with Gasteiger partial charge in [0.05, 0.1) is 18.2 Å². The number of rotatable bonds is 2. The second kappa shape index (κ2) is 2.66. The molecule has 0 bridgehead atoms. The molecule has 1 aromatic heterocycles. The van der Waals surface area contributed by atoms with Gasteiger partial charge in [0.15, 0.2) is 0 Å². The van der Waals surface area contributed by atoms with E-state index >= 15 is 0 Å². The van der Waals surface area contributed by atoms with Crippen LogP contribution in [0.3, 0.4) is 0 Å². The number of nitrogens with zero attached hydrogens (tertiary/aromatic N) is 1. The Kier molecular flexibility index (Phi) is 1.86. The van der Waals surface area contributed by atoms with Gasteiger partial charge in [-0.2, -0.15) is 0 Å². The van der Waals surface area contributed by atoms with Gasteiger partial charge in [-0.15, -0.1) is 0 Å². The number of hydrogen-bond donors (Lipinski definition) is 2. The highest BCUT2D eigenvalue weighted by atomic mass is 32.1. The van der Waals surface area contributed by atoms with Crippen LogP contribution < -0.4 is 10.5 Å². The largest absolute Gasteiger partial charge is 0.473 e. The minimum absolute atomic E-state index is 0.0285. The van der Waals surface area contributed by atoms with Crippen LogP contribution in [0.2, 0.25) is 0 Å². The number of amidine groups is 1. The molecule has 1 aromatic rings. The topological polar surface area (TPSA) is 72.0 Å². The first-order valence-electron chi connectivity index (χ1n) is 2.58. The van der Waals surface area contributed by atoms with E-state index in [4.69, 9.17) is 15.9 Å². The lowest BCUT2D eigenvalue weighted by Crippen LogP contribution is -2.08. The Morgan fingerprint density at radius 3 is 2.90 bits per heavy atom. The van der Waals surface area contributed by atoms with Crippen molar-refractivity contribution in [2.45, 2.75) is 0 Å². The van der Waals surface area contributed by atoms with Crippen molar-refractivity contribution in [2.24, 2.45) is 5.73 Å². The minimum atomic E-state index is 0.0285. The lowest BCUT2D eigenvalue weighted by Gasteiger charge is -1.87. The van der Waals surface area contributed by atoms with Gasteiger partial charge in [0.1, 0.15) is 5.84 Å². The maximum atomic E-state index is 7.02. The molecule has 0 saturated carbocycles. The smallest absolute Gasteiger partial charge is 0.273 e. The standard InChI is InChI=1S/C5H7N3OS/c1-9-5-8-2-3(10-5)4(6)7/h2H,1H3,(H3,6,7). The Morgan fingerprint density at radius 2 is 2.60 bits per heavy atom. The zero-order valence-corrected chi connectivity index (χ0v) is 6.23. The molecule has 0 unspecified atom stereocenters. The van der Waals surface area contributed by atoms with Gasteiger partial charge >= 0.3 is 0 Å². The van der Waals surface area contributed by atoms with E-state index in [0.29, 0.717) is 10.1 Å². The fourth-order valence-electron chi connectivity index (χ4n) is 0.477. The highest BCUT2D eigenvalue weighted by molar-refractivity contribution is 7.15. The molecular formula is C5H7N3OS. The van der Waals surface area contributed by atoms with Crippen LogP contribution in [0, 0.1) is 5.41 Å². The predicted octanol–water partition coefficient (Wildman–Crippen LogP) is 0.436. The summed E-state index contributed by atoms with van der Waals surface area (Å²) in [6.45, 7) is 0. The number of nitrogens with one attached hydrogen (secondary N) is 1. The predicted molar refractivity (Wildman–Crippen MR) is 39.7 cm³/mol. The highest BCUT2D eigenvalue weighted by Gasteiger charge is 2.02. The molecule has 1 rings (SSSR count). The van der Waals surface area contributed by atoms with E-state index in [9.17, 15) is 0 Å². The number of hydrogen-bond acceptors (Lipinski definition) is 4. The molecule has 0 atom stereocenters. The van der Waals surface area contributed by atoms with Gasteiger partial charge in [0, 0.05) is 0 Å². The molecular weight excluding hydrogens is 150 g/mol. The molecule has 0 saturated heterocycles. The second-order valence-electron chi connectivity index (χ2n) is 1.61. The summed E-state index contributed by atoms with van der Waals surface area (Å²) >= 11 is 1.26. The molecule has 54 valence electrons. The maximum absolute atomic E-state index is 7.02. The summed E-state index contributed by atoms with van der Waals surface area (Å²) in [6.07, 6.45) is 1.52. The van der Waals surface area contributed by atoms with E-state index < -0.39 is 0 Å². The van der Waals surface area contributed by atoms with E-state index in [1.54, 1.807) is 0 Å². The molecule has 0 fully saturated rings. The number of thiazole rings is 1. The van der Waals surface area contributed by atoms with Gasteiger partial charge < -0.3 is 10.5 Å². The van der Waals surface area contributed by atoms with Crippen LogP contribution in [-0.2, 0) is 0 Å². The van der Waals surface area contributed by atoms with Crippen LogP contribution in [0.5, 0.6) is 5.19 Å². The number of nitrogens with two attached hydrogens (primary N) is 1. The monoisotopic (exact) mass is 157 g/mol. The van der Waals surface area contributed by atoms with Gasteiger partial charge in [-0.1, -0.05) is 11.3 Å². The Morgan fingerprint density at radius 1 is 1.90 bits per heavy atom. The molecule has 4 nitrogen and oxygen atoms in total. The van der Waals surface area contributed by atoms with Gasteiger partial charge in [-0.25, -0.2) is 4.98 Å². The minimum Gasteiger partial charge on any atom is -0.473 e. The number of aromatic nitrogens is 1. The summed E-state index contributed by atoms with van der Waals surface area (Å²) in [6, 6.07) is 0. The first-order chi connectivity index (χ1) is 4.74. The number of nitrogen functional groups attached to an aromatic ring is 1. The fraction of sp³-hybridized carbons (Fsp3) is 0.200. The van der Waals surface area contributed by atoms with Crippen molar-refractivity contribution in [3.05, 3.63) is 11.1 Å². The Labute approximate surface area is 62.2 Å². The first-order valence-corrected chi connectivity index (χ1v) is 3.40. The Bertz CT molecular complexity index is 245. The number of ether oxygens (including phenoxy) is 1. The van der Waals surface area contributed by atoms with Gasteiger partial charge in [0.2, 0.25) is 0 Å². The van der Waals surface area contributed by atoms with Crippen molar-refractivity contribution in [3.63, 3.8) is 0 Å². The van der Waals surface area contributed by atoms with Crippen molar-refractivity contribution in [3.8, 4) is 5.19 Å². The summed E-state index contributed by atoms with van der Waals surface area (Å²) in [5.74, 6) is 0.0285. The van der Waals surface area contributed by atoms with E-state index in [0.717, 1.165) is 0 Å². The molecule has 5 heteroatoms. The van der Waals surface area contributed by atoms with Gasteiger partial charge in [-0.3, -0.25) is 5.41 Å². The fourth-order valence-corrected chi connectivity index (χ4v) is 1.07. The molecule has 3 N–H and O–H groups in total. The summed E-state index contributed by atoms with van der Waals surface area (Å²) in [5, 5.41) is 7.55. The number of methoxy groups -OCH3 is 1. The maximum Gasteiger partial charge on any atom is 0.273 e. The van der Waals surface area contributed by atoms with E-state index in [2.05, 4.69) is 4.98 Å². The molecule has 0 aromatic carbocycles. The van der Waals surface area contributed by atoms with Crippen molar-refractivity contribution in [1.82, 2.24) is 4.98 Å². The Balaban J connectivity index is 2.88. The zero-order valence-electron chi connectivity index (χ0n) is 5.42. The zero-order chi connectivity index (χ0) is 7.56. The molecule has 0 spiro atoms.